The Bertz CT molecular complexity index is 767. The summed E-state index contributed by atoms with van der Waals surface area (Å²) in [6.45, 7) is 8.15. The lowest BCUT2D eigenvalue weighted by Crippen LogP contribution is -2.30. The Kier molecular flexibility index (Phi) is 10.8. The van der Waals surface area contributed by atoms with Crippen LogP contribution < -0.4 is 0 Å². The van der Waals surface area contributed by atoms with Crippen molar-refractivity contribution in [3.8, 4) is 0 Å². The van der Waals surface area contributed by atoms with E-state index >= 15 is 0 Å². The Hall–Kier alpha value is -1.96. The fourth-order valence-electron chi connectivity index (χ4n) is 4.27. The van der Waals surface area contributed by atoms with E-state index in [9.17, 15) is 19.8 Å². The number of carbonyl (C=O) groups is 2. The number of ether oxygens (including phenoxy) is 3. The Morgan fingerprint density at radius 2 is 2.00 bits per heavy atom. The van der Waals surface area contributed by atoms with Gasteiger partial charge in [-0.15, -0.1) is 0 Å². The lowest BCUT2D eigenvalue weighted by atomic mass is 9.94. The highest BCUT2D eigenvalue weighted by molar-refractivity contribution is 5.91. The van der Waals surface area contributed by atoms with Gasteiger partial charge in [-0.2, -0.15) is 0 Å². The standard InChI is InChI=1S/C26H40O7/c1-5-31-23-15-21(25(29)32-23)12-8-14-22(27)13-7-10-18(2)9-6-11-19(3)16-26(30)17-20(4)24(28)33-26/h10,15,17,19,22-23,27,30H,5-9,11-14,16H2,1-4H3/b18-10+/t19-,22?,23?,26?/m1/s1. The highest BCUT2D eigenvalue weighted by Gasteiger charge is 2.37. The first-order valence-corrected chi connectivity index (χ1v) is 12.1. The number of esters is 2. The van der Waals surface area contributed by atoms with Crippen molar-refractivity contribution < 1.29 is 34.0 Å². The van der Waals surface area contributed by atoms with Gasteiger partial charge in [-0.3, -0.25) is 0 Å². The molecule has 0 fully saturated rings. The van der Waals surface area contributed by atoms with Crippen molar-refractivity contribution in [3.63, 3.8) is 0 Å². The molecule has 0 aromatic carbocycles. The maximum absolute atomic E-state index is 11.8. The Labute approximate surface area is 197 Å². The van der Waals surface area contributed by atoms with Crippen LogP contribution >= 0.6 is 0 Å². The van der Waals surface area contributed by atoms with Gasteiger partial charge in [0.15, 0.2) is 0 Å². The van der Waals surface area contributed by atoms with Crippen LogP contribution in [0.5, 0.6) is 0 Å². The van der Waals surface area contributed by atoms with Gasteiger partial charge in [-0.05, 0) is 83.8 Å². The normalized spacial score (nSPS) is 24.9. The van der Waals surface area contributed by atoms with Crippen LogP contribution in [0.1, 0.15) is 85.5 Å². The monoisotopic (exact) mass is 464 g/mol. The minimum Gasteiger partial charge on any atom is -0.429 e. The van der Waals surface area contributed by atoms with Crippen LogP contribution in [0.15, 0.2) is 34.9 Å². The van der Waals surface area contributed by atoms with Crippen molar-refractivity contribution in [3.05, 3.63) is 34.9 Å². The minimum absolute atomic E-state index is 0.232. The number of aliphatic hydroxyl groups excluding tert-OH is 1. The summed E-state index contributed by atoms with van der Waals surface area (Å²) < 4.78 is 15.4. The summed E-state index contributed by atoms with van der Waals surface area (Å²) in [4.78, 5) is 23.2. The second-order valence-electron chi connectivity index (χ2n) is 9.36. The number of hydrogen-bond acceptors (Lipinski definition) is 7. The number of rotatable bonds is 15. The molecule has 0 aromatic heterocycles. The third-order valence-corrected chi connectivity index (χ3v) is 6.07. The smallest absolute Gasteiger partial charge is 0.336 e. The van der Waals surface area contributed by atoms with E-state index in [2.05, 4.69) is 19.9 Å². The van der Waals surface area contributed by atoms with Gasteiger partial charge in [-0.25, -0.2) is 9.59 Å². The molecule has 2 aliphatic heterocycles. The van der Waals surface area contributed by atoms with Gasteiger partial charge in [0.05, 0.1) is 6.10 Å². The number of aliphatic hydroxyl groups is 2. The molecule has 0 spiro atoms. The van der Waals surface area contributed by atoms with Crippen LogP contribution in [0.3, 0.4) is 0 Å². The van der Waals surface area contributed by atoms with Crippen LogP contribution in [0, 0.1) is 5.92 Å². The van der Waals surface area contributed by atoms with Crippen LogP contribution in [0.2, 0.25) is 0 Å². The topological polar surface area (TPSA) is 102 Å². The van der Waals surface area contributed by atoms with Crippen molar-refractivity contribution in [2.45, 2.75) is 104 Å². The van der Waals surface area contributed by atoms with Crippen molar-refractivity contribution in [1.82, 2.24) is 0 Å². The van der Waals surface area contributed by atoms with Crippen molar-refractivity contribution in [1.29, 1.82) is 0 Å². The van der Waals surface area contributed by atoms with E-state index in [0.29, 0.717) is 43.4 Å². The van der Waals surface area contributed by atoms with Crippen LogP contribution in [0.4, 0.5) is 0 Å². The first-order valence-electron chi connectivity index (χ1n) is 12.1. The third-order valence-electron chi connectivity index (χ3n) is 6.07. The van der Waals surface area contributed by atoms with E-state index in [4.69, 9.17) is 14.2 Å². The second-order valence-corrected chi connectivity index (χ2v) is 9.36. The first kappa shape index (κ1) is 27.3. The number of hydrogen-bond donors (Lipinski definition) is 2. The van der Waals surface area contributed by atoms with Gasteiger partial charge < -0.3 is 24.4 Å². The second kappa shape index (κ2) is 13.1. The summed E-state index contributed by atoms with van der Waals surface area (Å²) in [5, 5.41) is 20.6. The molecule has 2 aliphatic rings. The average molecular weight is 465 g/mol. The molecule has 2 rings (SSSR count). The summed E-state index contributed by atoms with van der Waals surface area (Å²) in [6, 6.07) is 0. The summed E-state index contributed by atoms with van der Waals surface area (Å²) in [5.74, 6) is -1.99. The van der Waals surface area contributed by atoms with E-state index in [-0.39, 0.29) is 18.0 Å². The quantitative estimate of drug-likeness (QED) is 0.272. The molecule has 0 saturated heterocycles. The maximum Gasteiger partial charge on any atom is 0.336 e. The largest absolute Gasteiger partial charge is 0.429 e. The van der Waals surface area contributed by atoms with E-state index in [1.807, 2.05) is 6.92 Å². The summed E-state index contributed by atoms with van der Waals surface area (Å²) >= 11 is 0. The summed E-state index contributed by atoms with van der Waals surface area (Å²) in [5.41, 5.74) is 2.38. The highest BCUT2D eigenvalue weighted by atomic mass is 16.7. The fourth-order valence-corrected chi connectivity index (χ4v) is 4.27. The van der Waals surface area contributed by atoms with Gasteiger partial charge in [0.1, 0.15) is 0 Å². The number of allylic oxidation sites excluding steroid dienone is 2. The molecule has 7 nitrogen and oxygen atoms in total. The zero-order chi connectivity index (χ0) is 24.4. The molecular formula is C26H40O7. The van der Waals surface area contributed by atoms with Crippen LogP contribution in [-0.2, 0) is 23.8 Å². The SMILES string of the molecule is CCOC1C=C(CCCC(O)CC/C=C(\C)CCC[C@@H](C)CC2(O)C=C(C)C(=O)O2)C(=O)O1. The predicted molar refractivity (Wildman–Crippen MR) is 125 cm³/mol. The van der Waals surface area contributed by atoms with Gasteiger partial charge in [0.25, 0.3) is 0 Å². The number of carbonyl (C=O) groups excluding carboxylic acids is 2. The zero-order valence-electron chi connectivity index (χ0n) is 20.5. The first-order chi connectivity index (χ1) is 15.6. The molecule has 4 atom stereocenters. The van der Waals surface area contributed by atoms with Gasteiger partial charge in [0, 0.05) is 24.2 Å². The molecule has 2 N–H and O–H groups in total. The predicted octanol–water partition coefficient (Wildman–Crippen LogP) is 4.48. The summed E-state index contributed by atoms with van der Waals surface area (Å²) in [7, 11) is 0. The molecule has 0 aliphatic carbocycles. The van der Waals surface area contributed by atoms with Crippen LogP contribution in [-0.4, -0.2) is 46.9 Å². The van der Waals surface area contributed by atoms with Crippen molar-refractivity contribution in [2.75, 3.05) is 6.61 Å². The Balaban J connectivity index is 1.57. The molecule has 0 bridgehead atoms. The molecule has 0 aromatic rings. The molecule has 7 heteroatoms. The zero-order valence-corrected chi connectivity index (χ0v) is 20.5. The highest BCUT2D eigenvalue weighted by Crippen LogP contribution is 2.30. The van der Waals surface area contributed by atoms with Crippen molar-refractivity contribution in [2.24, 2.45) is 5.92 Å². The molecule has 2 heterocycles. The van der Waals surface area contributed by atoms with E-state index in [1.54, 1.807) is 13.0 Å². The fraction of sp³-hybridized carbons (Fsp3) is 0.692. The van der Waals surface area contributed by atoms with E-state index in [0.717, 1.165) is 32.1 Å². The van der Waals surface area contributed by atoms with Crippen LogP contribution in [0.25, 0.3) is 0 Å². The Morgan fingerprint density at radius 3 is 2.67 bits per heavy atom. The minimum atomic E-state index is -1.46. The number of cyclic esters (lactones) is 2. The molecule has 0 amide bonds. The van der Waals surface area contributed by atoms with E-state index in [1.165, 1.54) is 11.6 Å². The summed E-state index contributed by atoms with van der Waals surface area (Å²) in [6.07, 6.45) is 11.2. The van der Waals surface area contributed by atoms with Crippen molar-refractivity contribution >= 4 is 11.9 Å². The lowest BCUT2D eigenvalue weighted by Gasteiger charge is -2.23. The third kappa shape index (κ3) is 9.43. The van der Waals surface area contributed by atoms with Gasteiger partial charge >= 0.3 is 11.9 Å². The lowest BCUT2D eigenvalue weighted by molar-refractivity contribution is -0.183. The van der Waals surface area contributed by atoms with Gasteiger partial charge in [-0.1, -0.05) is 25.0 Å². The van der Waals surface area contributed by atoms with E-state index < -0.39 is 18.0 Å². The molecule has 186 valence electrons. The molecule has 0 saturated carbocycles. The van der Waals surface area contributed by atoms with Gasteiger partial charge in [0.2, 0.25) is 12.1 Å². The molecular weight excluding hydrogens is 424 g/mol. The maximum atomic E-state index is 11.8. The molecule has 0 radical (unpaired) electrons. The molecule has 3 unspecified atom stereocenters. The Morgan fingerprint density at radius 1 is 1.24 bits per heavy atom. The molecule has 33 heavy (non-hydrogen) atoms. The average Bonchev–Trinajstić information content (AvgIpc) is 3.19.